The van der Waals surface area contributed by atoms with E-state index in [1.807, 2.05) is 25.1 Å². The molecule has 0 radical (unpaired) electrons. The lowest BCUT2D eigenvalue weighted by molar-refractivity contribution is -0.119. The smallest absolute Gasteiger partial charge is 0.229 e. The van der Waals surface area contributed by atoms with Gasteiger partial charge in [-0.25, -0.2) is 5.01 Å². The van der Waals surface area contributed by atoms with Gasteiger partial charge in [0.15, 0.2) is 0 Å². The summed E-state index contributed by atoms with van der Waals surface area (Å²) in [5, 5.41) is 13.6. The van der Waals surface area contributed by atoms with Gasteiger partial charge in [0.25, 0.3) is 0 Å². The molecule has 30 heavy (non-hydrogen) atoms. The molecule has 1 aliphatic rings. The minimum atomic E-state index is 0.296. The van der Waals surface area contributed by atoms with Crippen molar-refractivity contribution in [1.29, 1.82) is 0 Å². The Labute approximate surface area is 177 Å². The van der Waals surface area contributed by atoms with Gasteiger partial charge in [-0.3, -0.25) is 4.79 Å². The SMILES string of the molecule is CCc1cccc(N=NNN(C)C=O)c1CO/N=C(\C)c1ccc2c(c1)CCCC2. The van der Waals surface area contributed by atoms with Crippen molar-refractivity contribution >= 4 is 17.8 Å². The highest BCUT2D eigenvalue weighted by Crippen LogP contribution is 2.25. The minimum absolute atomic E-state index is 0.296. The maximum absolute atomic E-state index is 10.6. The van der Waals surface area contributed by atoms with Crippen LogP contribution in [0.4, 0.5) is 5.69 Å². The Bertz CT molecular complexity index is 939. The molecule has 0 unspecified atom stereocenters. The zero-order valence-electron chi connectivity index (χ0n) is 17.9. The van der Waals surface area contributed by atoms with Gasteiger partial charge in [0.2, 0.25) is 6.41 Å². The first-order valence-electron chi connectivity index (χ1n) is 10.4. The molecule has 1 aliphatic carbocycles. The molecular formula is C23H29N5O2. The van der Waals surface area contributed by atoms with Crippen LogP contribution in [0, 0.1) is 0 Å². The minimum Gasteiger partial charge on any atom is -0.391 e. The second kappa shape index (κ2) is 10.5. The van der Waals surface area contributed by atoms with E-state index in [1.54, 1.807) is 7.05 Å². The fourth-order valence-electron chi connectivity index (χ4n) is 3.59. The van der Waals surface area contributed by atoms with Crippen LogP contribution in [0.1, 0.15) is 54.5 Å². The first-order valence-corrected chi connectivity index (χ1v) is 10.4. The van der Waals surface area contributed by atoms with Crippen molar-refractivity contribution in [2.24, 2.45) is 15.5 Å². The van der Waals surface area contributed by atoms with Gasteiger partial charge < -0.3 is 4.84 Å². The summed E-state index contributed by atoms with van der Waals surface area (Å²) in [5.74, 6) is 0. The number of nitrogens with zero attached hydrogens (tertiary/aromatic N) is 4. The summed E-state index contributed by atoms with van der Waals surface area (Å²) >= 11 is 0. The van der Waals surface area contributed by atoms with Gasteiger partial charge in [-0.2, -0.15) is 5.53 Å². The molecule has 1 N–H and O–H groups in total. The summed E-state index contributed by atoms with van der Waals surface area (Å²) in [5.41, 5.74) is 10.1. The molecule has 0 bridgehead atoms. The van der Waals surface area contributed by atoms with Crippen molar-refractivity contribution < 1.29 is 9.63 Å². The number of hydrogen-bond donors (Lipinski definition) is 1. The van der Waals surface area contributed by atoms with Gasteiger partial charge in [-0.15, -0.1) is 5.11 Å². The van der Waals surface area contributed by atoms with Crippen LogP contribution in [0.15, 0.2) is 51.9 Å². The average Bonchev–Trinajstić information content (AvgIpc) is 2.79. The maximum Gasteiger partial charge on any atom is 0.229 e. The van der Waals surface area contributed by atoms with Crippen LogP contribution in [-0.2, 0) is 35.5 Å². The zero-order chi connectivity index (χ0) is 21.3. The van der Waals surface area contributed by atoms with Crippen LogP contribution in [0.25, 0.3) is 0 Å². The number of rotatable bonds is 9. The second-order valence-corrected chi connectivity index (χ2v) is 7.43. The van der Waals surface area contributed by atoms with Crippen LogP contribution in [-0.4, -0.2) is 24.2 Å². The fourth-order valence-corrected chi connectivity index (χ4v) is 3.59. The summed E-state index contributed by atoms with van der Waals surface area (Å²) in [7, 11) is 1.55. The number of carbonyl (C=O) groups excluding carboxylic acids is 1. The average molecular weight is 408 g/mol. The Balaban J connectivity index is 1.72. The lowest BCUT2D eigenvalue weighted by atomic mass is 9.90. The standard InChI is InChI=1S/C23H29N5O2/c1-4-18-10-7-11-23(24-26-27-28(3)16-29)22(18)15-30-25-17(2)20-13-12-19-8-5-6-9-21(19)14-20/h7,10-14,16H,4-6,8-9,15H2,1-3H3,(H,24,27)/b25-17+. The van der Waals surface area contributed by atoms with Crippen LogP contribution in [0.3, 0.4) is 0 Å². The monoisotopic (exact) mass is 407 g/mol. The maximum atomic E-state index is 10.6. The number of carbonyl (C=O) groups is 1. The van der Waals surface area contributed by atoms with Crippen molar-refractivity contribution in [1.82, 2.24) is 10.5 Å². The first-order chi connectivity index (χ1) is 14.6. The molecule has 2 aromatic carbocycles. The highest BCUT2D eigenvalue weighted by atomic mass is 16.6. The quantitative estimate of drug-likeness (QED) is 0.284. The van der Waals surface area contributed by atoms with Crippen molar-refractivity contribution in [2.45, 2.75) is 52.6 Å². The van der Waals surface area contributed by atoms with Gasteiger partial charge in [0, 0.05) is 12.6 Å². The van der Waals surface area contributed by atoms with E-state index in [0.29, 0.717) is 18.7 Å². The van der Waals surface area contributed by atoms with Crippen molar-refractivity contribution in [3.63, 3.8) is 0 Å². The van der Waals surface area contributed by atoms with Crippen molar-refractivity contribution in [2.75, 3.05) is 7.05 Å². The normalized spacial score (nSPS) is 13.8. The molecule has 2 aromatic rings. The highest BCUT2D eigenvalue weighted by molar-refractivity contribution is 5.98. The number of amides is 1. The lowest BCUT2D eigenvalue weighted by Gasteiger charge is -2.16. The molecule has 0 saturated carbocycles. The van der Waals surface area contributed by atoms with E-state index in [9.17, 15) is 4.79 Å². The Hall–Kier alpha value is -3.22. The predicted molar refractivity (Wildman–Crippen MR) is 117 cm³/mol. The van der Waals surface area contributed by atoms with E-state index in [-0.39, 0.29) is 0 Å². The molecule has 0 aromatic heterocycles. The third-order valence-corrected chi connectivity index (χ3v) is 5.32. The van der Waals surface area contributed by atoms with Crippen LogP contribution in [0.2, 0.25) is 0 Å². The molecule has 158 valence electrons. The van der Waals surface area contributed by atoms with Gasteiger partial charge >= 0.3 is 0 Å². The molecule has 0 aliphatic heterocycles. The van der Waals surface area contributed by atoms with Gasteiger partial charge in [-0.1, -0.05) is 41.6 Å². The van der Waals surface area contributed by atoms with Crippen LogP contribution >= 0.6 is 0 Å². The molecule has 3 rings (SSSR count). The van der Waals surface area contributed by atoms with E-state index in [0.717, 1.165) is 35.2 Å². The number of aryl methyl sites for hydroxylation is 3. The second-order valence-electron chi connectivity index (χ2n) is 7.43. The molecule has 1 amide bonds. The summed E-state index contributed by atoms with van der Waals surface area (Å²) in [4.78, 5) is 16.4. The Morgan fingerprint density at radius 3 is 2.77 bits per heavy atom. The number of nitrogens with one attached hydrogen (secondary N) is 1. The molecule has 0 heterocycles. The van der Waals surface area contributed by atoms with E-state index < -0.39 is 0 Å². The molecular weight excluding hydrogens is 378 g/mol. The zero-order valence-corrected chi connectivity index (χ0v) is 17.9. The third-order valence-electron chi connectivity index (χ3n) is 5.32. The first kappa shape index (κ1) is 21.5. The molecule has 0 spiro atoms. The van der Waals surface area contributed by atoms with Crippen molar-refractivity contribution in [3.8, 4) is 0 Å². The summed E-state index contributed by atoms with van der Waals surface area (Å²) < 4.78 is 0. The third kappa shape index (κ3) is 5.43. The van der Waals surface area contributed by atoms with E-state index in [2.05, 4.69) is 46.2 Å². The molecule has 7 nitrogen and oxygen atoms in total. The van der Waals surface area contributed by atoms with Gasteiger partial charge in [-0.05, 0) is 73.4 Å². The van der Waals surface area contributed by atoms with E-state index >= 15 is 0 Å². The highest BCUT2D eigenvalue weighted by Gasteiger charge is 2.11. The summed E-state index contributed by atoms with van der Waals surface area (Å²) in [6.07, 6.45) is 6.31. The van der Waals surface area contributed by atoms with Crippen molar-refractivity contribution in [3.05, 3.63) is 64.2 Å². The number of oxime groups is 1. The molecule has 7 heteroatoms. The Morgan fingerprint density at radius 2 is 2.00 bits per heavy atom. The molecule has 0 fully saturated rings. The van der Waals surface area contributed by atoms with Gasteiger partial charge in [0.05, 0.1) is 11.4 Å². The number of hydrogen-bond acceptors (Lipinski definition) is 5. The summed E-state index contributed by atoms with van der Waals surface area (Å²) in [6, 6.07) is 12.4. The number of fused-ring (bicyclic) bond motifs is 1. The van der Waals surface area contributed by atoms with Crippen LogP contribution in [0.5, 0.6) is 0 Å². The lowest BCUT2D eigenvalue weighted by Crippen LogP contribution is -2.27. The van der Waals surface area contributed by atoms with E-state index in [1.165, 1.54) is 35.4 Å². The number of benzene rings is 2. The topological polar surface area (TPSA) is 78.7 Å². The Morgan fingerprint density at radius 1 is 1.20 bits per heavy atom. The number of hydrazine groups is 1. The largest absolute Gasteiger partial charge is 0.391 e. The fraction of sp³-hybridized carbons (Fsp3) is 0.391. The predicted octanol–water partition coefficient (Wildman–Crippen LogP) is 4.66. The van der Waals surface area contributed by atoms with Gasteiger partial charge in [0.1, 0.15) is 6.61 Å². The Kier molecular flexibility index (Phi) is 7.54. The molecule has 0 atom stereocenters. The van der Waals surface area contributed by atoms with Crippen LogP contribution < -0.4 is 5.53 Å². The summed E-state index contributed by atoms with van der Waals surface area (Å²) in [6.45, 7) is 4.35. The van der Waals surface area contributed by atoms with E-state index in [4.69, 9.17) is 4.84 Å². The molecule has 0 saturated heterocycles.